The molecule has 0 radical (unpaired) electrons. The summed E-state index contributed by atoms with van der Waals surface area (Å²) < 4.78 is 6.58. The third kappa shape index (κ3) is 4.77. The van der Waals surface area contributed by atoms with E-state index in [1.54, 1.807) is 42.9 Å². The highest BCUT2D eigenvalue weighted by atomic mass is 79.9. The van der Waals surface area contributed by atoms with Gasteiger partial charge in [0.15, 0.2) is 11.5 Å². The lowest BCUT2D eigenvalue weighted by Gasteiger charge is -2.17. The summed E-state index contributed by atoms with van der Waals surface area (Å²) in [6.07, 6.45) is 6.21. The SMILES string of the molecule is CC(Oc1cc(/C=C2\Sc3ncccc3C2=O)c(Br)cc1O)c1cnc(NCCO)nc1. The molecule has 0 spiro atoms. The van der Waals surface area contributed by atoms with Crippen molar-refractivity contribution in [2.75, 3.05) is 18.5 Å². The number of aromatic nitrogens is 3. The van der Waals surface area contributed by atoms with E-state index < -0.39 is 6.10 Å². The van der Waals surface area contributed by atoms with Gasteiger partial charge in [-0.25, -0.2) is 15.0 Å². The van der Waals surface area contributed by atoms with Crippen molar-refractivity contribution < 1.29 is 19.7 Å². The topological polar surface area (TPSA) is 117 Å². The van der Waals surface area contributed by atoms with E-state index in [9.17, 15) is 9.90 Å². The average molecular weight is 515 g/mol. The Hall–Kier alpha value is -2.95. The average Bonchev–Trinajstić information content (AvgIpc) is 3.11. The largest absolute Gasteiger partial charge is 0.504 e. The third-order valence-corrected chi connectivity index (χ3v) is 6.38. The molecule has 1 aromatic carbocycles. The lowest BCUT2D eigenvalue weighted by molar-refractivity contribution is 0.104. The van der Waals surface area contributed by atoms with Crippen molar-refractivity contribution in [3.63, 3.8) is 0 Å². The maximum atomic E-state index is 12.7. The first-order valence-electron chi connectivity index (χ1n) is 9.71. The van der Waals surface area contributed by atoms with Gasteiger partial charge in [0.2, 0.25) is 11.7 Å². The zero-order valence-electron chi connectivity index (χ0n) is 16.9. The minimum absolute atomic E-state index is 0.0152. The zero-order chi connectivity index (χ0) is 22.7. The minimum Gasteiger partial charge on any atom is -0.504 e. The van der Waals surface area contributed by atoms with Gasteiger partial charge in [0.05, 0.1) is 17.1 Å². The van der Waals surface area contributed by atoms with Crippen LogP contribution in [0.1, 0.15) is 34.5 Å². The molecule has 3 heterocycles. The van der Waals surface area contributed by atoms with Crippen molar-refractivity contribution in [3.8, 4) is 11.5 Å². The van der Waals surface area contributed by atoms with E-state index in [-0.39, 0.29) is 23.9 Å². The summed E-state index contributed by atoms with van der Waals surface area (Å²) in [7, 11) is 0. The number of aromatic hydroxyl groups is 1. The molecular formula is C22H19BrN4O4S. The van der Waals surface area contributed by atoms with Gasteiger partial charge >= 0.3 is 0 Å². The Labute approximate surface area is 196 Å². The summed E-state index contributed by atoms with van der Waals surface area (Å²) in [4.78, 5) is 25.8. The molecule has 2 aromatic heterocycles. The molecule has 3 aromatic rings. The monoisotopic (exact) mass is 514 g/mol. The van der Waals surface area contributed by atoms with Crippen LogP contribution in [0.4, 0.5) is 5.95 Å². The number of aliphatic hydroxyl groups excluding tert-OH is 1. The van der Waals surface area contributed by atoms with Crippen molar-refractivity contribution in [2.24, 2.45) is 0 Å². The van der Waals surface area contributed by atoms with Gasteiger partial charge in [-0.3, -0.25) is 4.79 Å². The molecule has 1 aliphatic heterocycles. The molecule has 1 unspecified atom stereocenters. The quantitative estimate of drug-likeness (QED) is 0.398. The van der Waals surface area contributed by atoms with E-state index in [2.05, 4.69) is 36.2 Å². The molecule has 164 valence electrons. The number of hydrogen-bond acceptors (Lipinski definition) is 9. The highest BCUT2D eigenvalue weighted by molar-refractivity contribution is 9.10. The Balaban J connectivity index is 1.55. The fourth-order valence-corrected chi connectivity index (χ4v) is 4.42. The lowest BCUT2D eigenvalue weighted by Crippen LogP contribution is -2.10. The number of ether oxygens (including phenoxy) is 1. The highest BCUT2D eigenvalue weighted by Gasteiger charge is 2.27. The van der Waals surface area contributed by atoms with Crippen LogP contribution in [0.5, 0.6) is 11.5 Å². The molecule has 0 amide bonds. The molecule has 32 heavy (non-hydrogen) atoms. The van der Waals surface area contributed by atoms with Gasteiger partial charge in [-0.15, -0.1) is 0 Å². The van der Waals surface area contributed by atoms with Gasteiger partial charge in [-0.1, -0.05) is 27.7 Å². The number of Topliss-reactive ketones (excluding diaryl/α,β-unsaturated/α-hetero) is 1. The molecule has 1 aliphatic rings. The van der Waals surface area contributed by atoms with Crippen LogP contribution in [0.25, 0.3) is 6.08 Å². The van der Waals surface area contributed by atoms with E-state index in [0.717, 1.165) is 0 Å². The van der Waals surface area contributed by atoms with Crippen LogP contribution >= 0.6 is 27.7 Å². The normalized spacial score (nSPS) is 15.0. The van der Waals surface area contributed by atoms with E-state index in [0.29, 0.717) is 43.6 Å². The maximum Gasteiger partial charge on any atom is 0.222 e. The first kappa shape index (κ1) is 22.3. The number of phenolic OH excluding ortho intramolecular Hbond substituents is 1. The number of aliphatic hydroxyl groups is 1. The second kappa shape index (κ2) is 9.68. The number of phenols is 1. The Morgan fingerprint density at radius 2 is 2.06 bits per heavy atom. The first-order valence-corrected chi connectivity index (χ1v) is 11.3. The Kier molecular flexibility index (Phi) is 6.73. The van der Waals surface area contributed by atoms with Crippen molar-refractivity contribution in [2.45, 2.75) is 18.1 Å². The number of hydrogen-bond donors (Lipinski definition) is 3. The number of ketones is 1. The summed E-state index contributed by atoms with van der Waals surface area (Å²) in [6.45, 7) is 2.16. The second-order valence-electron chi connectivity index (χ2n) is 6.89. The van der Waals surface area contributed by atoms with Crippen LogP contribution in [0, 0.1) is 0 Å². The zero-order valence-corrected chi connectivity index (χ0v) is 19.4. The Morgan fingerprint density at radius 1 is 1.28 bits per heavy atom. The molecule has 3 N–H and O–H groups in total. The van der Waals surface area contributed by atoms with Gasteiger partial charge in [0, 0.05) is 35.2 Å². The van der Waals surface area contributed by atoms with Gasteiger partial charge in [0.25, 0.3) is 0 Å². The number of carbonyl (C=O) groups excluding carboxylic acids is 1. The van der Waals surface area contributed by atoms with Gasteiger partial charge in [-0.05, 0) is 42.8 Å². The molecule has 0 saturated heterocycles. The van der Waals surface area contributed by atoms with Gasteiger partial charge in [0.1, 0.15) is 11.1 Å². The lowest BCUT2D eigenvalue weighted by atomic mass is 10.1. The number of allylic oxidation sites excluding steroid dienone is 1. The number of halogens is 1. The van der Waals surface area contributed by atoms with E-state index in [1.165, 1.54) is 17.8 Å². The summed E-state index contributed by atoms with van der Waals surface area (Å²) >= 11 is 4.76. The molecule has 0 bridgehead atoms. The van der Waals surface area contributed by atoms with Crippen LogP contribution in [-0.4, -0.2) is 44.1 Å². The molecule has 8 nitrogen and oxygen atoms in total. The molecular weight excluding hydrogens is 496 g/mol. The summed E-state index contributed by atoms with van der Waals surface area (Å²) in [5, 5.41) is 22.8. The number of fused-ring (bicyclic) bond motifs is 1. The number of nitrogens with one attached hydrogen (secondary N) is 1. The number of thioether (sulfide) groups is 1. The van der Waals surface area contributed by atoms with E-state index in [1.807, 2.05) is 6.92 Å². The Morgan fingerprint density at radius 3 is 2.78 bits per heavy atom. The number of benzene rings is 1. The van der Waals surface area contributed by atoms with Crippen LogP contribution in [0.15, 0.2) is 57.3 Å². The van der Waals surface area contributed by atoms with Crippen LogP contribution in [0.2, 0.25) is 0 Å². The minimum atomic E-state index is -0.439. The maximum absolute atomic E-state index is 12.7. The van der Waals surface area contributed by atoms with E-state index in [4.69, 9.17) is 9.84 Å². The first-order chi connectivity index (χ1) is 15.5. The van der Waals surface area contributed by atoms with Crippen LogP contribution < -0.4 is 10.1 Å². The summed E-state index contributed by atoms with van der Waals surface area (Å²) in [5.41, 5.74) is 1.99. The second-order valence-corrected chi connectivity index (χ2v) is 8.77. The fourth-order valence-electron chi connectivity index (χ4n) is 2.99. The van der Waals surface area contributed by atoms with Crippen molar-refractivity contribution in [1.29, 1.82) is 0 Å². The van der Waals surface area contributed by atoms with Gasteiger partial charge < -0.3 is 20.3 Å². The molecule has 0 fully saturated rings. The molecule has 4 rings (SSSR count). The number of pyridine rings is 1. The smallest absolute Gasteiger partial charge is 0.222 e. The highest BCUT2D eigenvalue weighted by Crippen LogP contribution is 2.42. The Bertz CT molecular complexity index is 1190. The number of carbonyl (C=O) groups is 1. The molecule has 0 aliphatic carbocycles. The predicted octanol–water partition coefficient (Wildman–Crippen LogP) is 4.21. The van der Waals surface area contributed by atoms with Crippen molar-refractivity contribution in [3.05, 3.63) is 68.9 Å². The summed E-state index contributed by atoms with van der Waals surface area (Å²) in [6, 6.07) is 6.70. The van der Waals surface area contributed by atoms with Crippen molar-refractivity contribution in [1.82, 2.24) is 15.0 Å². The van der Waals surface area contributed by atoms with E-state index >= 15 is 0 Å². The fraction of sp³-hybridized carbons (Fsp3) is 0.182. The molecule has 0 saturated carbocycles. The van der Waals surface area contributed by atoms with Crippen LogP contribution in [-0.2, 0) is 0 Å². The van der Waals surface area contributed by atoms with Crippen LogP contribution in [0.3, 0.4) is 0 Å². The number of nitrogens with zero attached hydrogens (tertiary/aromatic N) is 3. The molecule has 1 atom stereocenters. The summed E-state index contributed by atoms with van der Waals surface area (Å²) in [5.74, 6) is 0.551. The standard InChI is InChI=1S/C22H19BrN4O4S/c1-12(14-10-26-22(27-11-14)25-5-6-28)31-18-7-13(16(23)9-17(18)29)8-19-20(30)15-3-2-4-24-21(15)32-19/h2-4,7-12,28-29H,5-6H2,1H3,(H,25,26,27)/b19-8-. The number of anilines is 1. The number of rotatable bonds is 7. The molecule has 10 heteroatoms. The van der Waals surface area contributed by atoms with Gasteiger partial charge in [-0.2, -0.15) is 0 Å². The predicted molar refractivity (Wildman–Crippen MR) is 125 cm³/mol. The third-order valence-electron chi connectivity index (χ3n) is 4.65. The van der Waals surface area contributed by atoms with Crippen molar-refractivity contribution >= 4 is 45.5 Å².